The van der Waals surface area contributed by atoms with E-state index in [1.807, 2.05) is 34.0 Å². The van der Waals surface area contributed by atoms with Crippen LogP contribution in [0.25, 0.3) is 82.8 Å². The number of hydrogen-bond acceptors (Lipinski definition) is 5. The fourth-order valence-electron chi connectivity index (χ4n) is 10.2. The molecular weight excluding hydrogens is 857 g/mol. The smallest absolute Gasteiger partial charge is 0.0559 e. The summed E-state index contributed by atoms with van der Waals surface area (Å²) in [7, 11) is 0. The van der Waals surface area contributed by atoms with Crippen LogP contribution in [0.1, 0.15) is 12.0 Å². The molecule has 1 unspecified atom stereocenters. The SMILES string of the molecule is Cc1cc(-c2cc(N(c3ccccc3)c3ccccc3)cc3c2sc2ccccc23)cc2sc3ccc(-c4cc(N(c5ccccc5)C5C=CC=CC5)cc5c4sc4ccccc45)cc3c12. The molecule has 1 aliphatic carbocycles. The summed E-state index contributed by atoms with van der Waals surface area (Å²) in [5.41, 5.74) is 12.2. The number of para-hydroxylation sites is 3. The van der Waals surface area contributed by atoms with Crippen LogP contribution in [0, 0.1) is 6.92 Å². The van der Waals surface area contributed by atoms with Gasteiger partial charge in [-0.05, 0) is 121 Å². The molecule has 5 heteroatoms. The van der Waals surface area contributed by atoms with Crippen LogP contribution in [0.3, 0.4) is 0 Å². The highest BCUT2D eigenvalue weighted by Crippen LogP contribution is 2.49. The molecule has 314 valence electrons. The Bertz CT molecular complexity index is 3840. The van der Waals surface area contributed by atoms with Crippen molar-refractivity contribution in [1.82, 2.24) is 0 Å². The van der Waals surface area contributed by atoms with Gasteiger partial charge < -0.3 is 9.80 Å². The molecule has 3 heterocycles. The predicted octanol–water partition coefficient (Wildman–Crippen LogP) is 18.9. The van der Waals surface area contributed by atoms with E-state index < -0.39 is 0 Å². The van der Waals surface area contributed by atoms with Crippen molar-refractivity contribution in [3.8, 4) is 22.3 Å². The molecule has 2 nitrogen and oxygen atoms in total. The zero-order valence-electron chi connectivity index (χ0n) is 36.2. The second-order valence-electron chi connectivity index (χ2n) is 17.2. The van der Waals surface area contributed by atoms with Crippen LogP contribution >= 0.6 is 34.0 Å². The molecule has 0 bridgehead atoms. The molecule has 9 aromatic carbocycles. The third-order valence-electron chi connectivity index (χ3n) is 13.2. The summed E-state index contributed by atoms with van der Waals surface area (Å²) >= 11 is 5.71. The van der Waals surface area contributed by atoms with Gasteiger partial charge in [0, 0.05) is 100 Å². The summed E-state index contributed by atoms with van der Waals surface area (Å²) < 4.78 is 7.89. The van der Waals surface area contributed by atoms with Gasteiger partial charge >= 0.3 is 0 Å². The van der Waals surface area contributed by atoms with E-state index >= 15 is 0 Å². The Hall–Kier alpha value is -7.28. The van der Waals surface area contributed by atoms with Crippen LogP contribution in [-0.4, -0.2) is 6.04 Å². The molecule has 0 spiro atoms. The van der Waals surface area contributed by atoms with Gasteiger partial charge in [-0.15, -0.1) is 34.0 Å². The number of anilines is 5. The van der Waals surface area contributed by atoms with Crippen molar-refractivity contribution in [2.24, 2.45) is 0 Å². The Kier molecular flexibility index (Phi) is 9.48. The van der Waals surface area contributed by atoms with Gasteiger partial charge in [-0.25, -0.2) is 0 Å². The molecule has 0 aliphatic heterocycles. The van der Waals surface area contributed by atoms with Crippen molar-refractivity contribution in [1.29, 1.82) is 0 Å². The maximum absolute atomic E-state index is 2.53. The molecule has 66 heavy (non-hydrogen) atoms. The lowest BCUT2D eigenvalue weighted by Crippen LogP contribution is -2.29. The third-order valence-corrected chi connectivity index (χ3v) is 16.8. The van der Waals surface area contributed by atoms with E-state index in [9.17, 15) is 0 Å². The average Bonchev–Trinajstić information content (AvgIpc) is 4.06. The van der Waals surface area contributed by atoms with E-state index in [4.69, 9.17) is 0 Å². The summed E-state index contributed by atoms with van der Waals surface area (Å²) in [5, 5.41) is 7.86. The molecule has 12 aromatic rings. The summed E-state index contributed by atoms with van der Waals surface area (Å²) in [5.74, 6) is 0. The average molecular weight is 899 g/mol. The van der Waals surface area contributed by atoms with Crippen molar-refractivity contribution < 1.29 is 0 Å². The number of hydrogen-bond donors (Lipinski definition) is 0. The predicted molar refractivity (Wildman–Crippen MR) is 291 cm³/mol. The lowest BCUT2D eigenvalue weighted by atomic mass is 9.95. The number of allylic oxidation sites excluding steroid dienone is 2. The molecule has 1 aliphatic rings. The van der Waals surface area contributed by atoms with Crippen LogP contribution in [0.15, 0.2) is 218 Å². The topological polar surface area (TPSA) is 6.48 Å². The van der Waals surface area contributed by atoms with Crippen LogP contribution < -0.4 is 9.80 Å². The molecule has 0 saturated carbocycles. The highest BCUT2D eigenvalue weighted by Gasteiger charge is 2.24. The van der Waals surface area contributed by atoms with Crippen LogP contribution in [0.4, 0.5) is 28.4 Å². The maximum Gasteiger partial charge on any atom is 0.0559 e. The summed E-state index contributed by atoms with van der Waals surface area (Å²) in [4.78, 5) is 4.92. The Morgan fingerprint density at radius 3 is 1.61 bits per heavy atom. The monoisotopic (exact) mass is 898 g/mol. The van der Waals surface area contributed by atoms with Crippen LogP contribution in [0.5, 0.6) is 0 Å². The Morgan fingerprint density at radius 1 is 0.409 bits per heavy atom. The minimum atomic E-state index is 0.210. The maximum atomic E-state index is 2.53. The lowest BCUT2D eigenvalue weighted by Gasteiger charge is -2.33. The van der Waals surface area contributed by atoms with Crippen molar-refractivity contribution >= 4 is 123 Å². The van der Waals surface area contributed by atoms with E-state index in [2.05, 4.69) is 235 Å². The summed E-state index contributed by atoms with van der Waals surface area (Å²) in [6.07, 6.45) is 9.94. The van der Waals surface area contributed by atoms with Gasteiger partial charge in [0.25, 0.3) is 0 Å². The fourth-order valence-corrected chi connectivity index (χ4v) is 13.9. The third kappa shape index (κ3) is 6.57. The van der Waals surface area contributed by atoms with Crippen molar-refractivity contribution in [3.63, 3.8) is 0 Å². The van der Waals surface area contributed by atoms with E-state index in [0.717, 1.165) is 23.5 Å². The van der Waals surface area contributed by atoms with Gasteiger partial charge in [-0.3, -0.25) is 0 Å². The zero-order chi connectivity index (χ0) is 43.7. The second-order valence-corrected chi connectivity index (χ2v) is 20.4. The van der Waals surface area contributed by atoms with Gasteiger partial charge in [-0.2, -0.15) is 0 Å². The summed E-state index contributed by atoms with van der Waals surface area (Å²) in [6, 6.07) is 72.2. The highest BCUT2D eigenvalue weighted by atomic mass is 32.1. The zero-order valence-corrected chi connectivity index (χ0v) is 38.6. The normalized spacial score (nSPS) is 13.8. The van der Waals surface area contributed by atoms with Gasteiger partial charge in [0.15, 0.2) is 0 Å². The molecule has 0 radical (unpaired) electrons. The number of rotatable bonds is 8. The minimum absolute atomic E-state index is 0.210. The highest BCUT2D eigenvalue weighted by molar-refractivity contribution is 7.27. The first kappa shape index (κ1) is 39.1. The van der Waals surface area contributed by atoms with Crippen molar-refractivity contribution in [3.05, 3.63) is 224 Å². The van der Waals surface area contributed by atoms with E-state index in [0.29, 0.717) is 0 Å². The minimum Gasteiger partial charge on any atom is -0.334 e. The Balaban J connectivity index is 0.996. The number of thiophene rings is 3. The first-order chi connectivity index (χ1) is 32.6. The van der Waals surface area contributed by atoms with Crippen molar-refractivity contribution in [2.75, 3.05) is 9.80 Å². The first-order valence-corrected chi connectivity index (χ1v) is 25.0. The molecule has 0 N–H and O–H groups in total. The van der Waals surface area contributed by atoms with E-state index in [1.54, 1.807) is 0 Å². The quantitative estimate of drug-likeness (QED) is 0.150. The first-order valence-electron chi connectivity index (χ1n) is 22.6. The molecule has 1 atom stereocenters. The van der Waals surface area contributed by atoms with Gasteiger partial charge in [0.1, 0.15) is 0 Å². The lowest BCUT2D eigenvalue weighted by molar-refractivity contribution is 0.785. The Morgan fingerprint density at radius 2 is 0.970 bits per heavy atom. The standard InChI is InChI=1S/C61H42N2S3/c1-39-32-41(51-36-47(38-53-49-27-15-17-29-56(49)66-61(51)53)63(44-22-10-4-11-23-44)45-24-12-5-13-25-45)34-58-59(39)54-33-40(30-31-57(54)64-58)50-35-46(37-52-48-26-14-16-28-55(48)65-60(50)52)62(42-18-6-2-7-19-42)43-20-8-3-9-21-43/h2-20,22-38,43H,21H2,1H3. The number of fused-ring (bicyclic) bond motifs is 9. The van der Waals surface area contributed by atoms with E-state index in [-0.39, 0.29) is 6.04 Å². The molecule has 0 saturated heterocycles. The molecular formula is C61H42N2S3. The van der Waals surface area contributed by atoms with Crippen LogP contribution in [0.2, 0.25) is 0 Å². The fraction of sp³-hybridized carbons (Fsp3) is 0.0492. The van der Waals surface area contributed by atoms with Gasteiger partial charge in [0.05, 0.1) is 6.04 Å². The molecule has 0 fully saturated rings. The molecule has 13 rings (SSSR count). The molecule has 3 aromatic heterocycles. The largest absolute Gasteiger partial charge is 0.334 e. The number of aryl methyl sites for hydroxylation is 1. The Labute approximate surface area is 395 Å². The second kappa shape index (κ2) is 16.0. The molecule has 0 amide bonds. The summed E-state index contributed by atoms with van der Waals surface area (Å²) in [6.45, 7) is 2.31. The van der Waals surface area contributed by atoms with E-state index in [1.165, 1.54) is 99.7 Å². The number of nitrogens with zero attached hydrogens (tertiary/aromatic N) is 2. The van der Waals surface area contributed by atoms with Crippen molar-refractivity contribution in [2.45, 2.75) is 19.4 Å². The van der Waals surface area contributed by atoms with Crippen LogP contribution in [-0.2, 0) is 0 Å². The van der Waals surface area contributed by atoms with Gasteiger partial charge in [-0.1, -0.05) is 127 Å². The number of benzene rings is 9. The van der Waals surface area contributed by atoms with Gasteiger partial charge in [0.2, 0.25) is 0 Å².